The van der Waals surface area contributed by atoms with E-state index in [-0.39, 0.29) is 6.10 Å². The highest BCUT2D eigenvalue weighted by molar-refractivity contribution is 5.73. The van der Waals surface area contributed by atoms with Crippen molar-refractivity contribution in [3.05, 3.63) is 18.0 Å². The number of anilines is 1. The first kappa shape index (κ1) is 11.5. The molecule has 96 valence electrons. The first-order valence-corrected chi connectivity index (χ1v) is 6.39. The van der Waals surface area contributed by atoms with Crippen LogP contribution < -0.4 is 4.90 Å². The van der Waals surface area contributed by atoms with Crippen LogP contribution in [0.15, 0.2) is 12.1 Å². The summed E-state index contributed by atoms with van der Waals surface area (Å²) in [6.45, 7) is 0.831. The van der Waals surface area contributed by atoms with Gasteiger partial charge in [-0.05, 0) is 31.4 Å². The van der Waals surface area contributed by atoms with E-state index >= 15 is 0 Å². The Balaban J connectivity index is 1.94. The Labute approximate surface area is 106 Å². The molecule has 0 aliphatic carbocycles. The monoisotopic (exact) mass is 246 g/mol. The fourth-order valence-electron chi connectivity index (χ4n) is 2.26. The number of fused-ring (bicyclic) bond motifs is 1. The number of nitrogens with zero attached hydrogens (tertiary/aromatic N) is 3. The van der Waals surface area contributed by atoms with Crippen molar-refractivity contribution in [1.82, 2.24) is 15.0 Å². The van der Waals surface area contributed by atoms with E-state index in [2.05, 4.69) is 15.0 Å². The average molecular weight is 246 g/mol. The Morgan fingerprint density at radius 3 is 2.89 bits per heavy atom. The molecule has 2 aromatic heterocycles. The Bertz CT molecular complexity index is 543. The summed E-state index contributed by atoms with van der Waals surface area (Å²) < 4.78 is 5.74. The number of aromatic nitrogens is 3. The van der Waals surface area contributed by atoms with Crippen molar-refractivity contribution in [1.29, 1.82) is 0 Å². The summed E-state index contributed by atoms with van der Waals surface area (Å²) in [5.41, 5.74) is 1.75. The number of imidazole rings is 1. The Morgan fingerprint density at radius 1 is 1.28 bits per heavy atom. The zero-order valence-electron chi connectivity index (χ0n) is 10.8. The van der Waals surface area contributed by atoms with Crippen molar-refractivity contribution in [3.63, 3.8) is 0 Å². The quantitative estimate of drug-likeness (QED) is 0.883. The highest BCUT2D eigenvalue weighted by atomic mass is 16.5. The molecule has 2 aromatic rings. The molecule has 1 N–H and O–H groups in total. The number of nitrogens with one attached hydrogen (secondary N) is 1. The number of H-pyrrole nitrogens is 1. The molecule has 0 bridgehead atoms. The lowest BCUT2D eigenvalue weighted by Gasteiger charge is -2.20. The molecule has 3 rings (SSSR count). The summed E-state index contributed by atoms with van der Waals surface area (Å²) in [5.74, 6) is 1.83. The molecular weight excluding hydrogens is 228 g/mol. The molecule has 18 heavy (non-hydrogen) atoms. The third-order valence-electron chi connectivity index (χ3n) is 3.29. The number of rotatable bonds is 2. The van der Waals surface area contributed by atoms with Gasteiger partial charge >= 0.3 is 0 Å². The number of pyridine rings is 1. The predicted octanol–water partition coefficient (Wildman–Crippen LogP) is 2.27. The molecule has 1 fully saturated rings. The van der Waals surface area contributed by atoms with Crippen LogP contribution in [-0.2, 0) is 4.74 Å². The van der Waals surface area contributed by atoms with Gasteiger partial charge < -0.3 is 14.6 Å². The minimum absolute atomic E-state index is 0.107. The summed E-state index contributed by atoms with van der Waals surface area (Å²) >= 11 is 0. The Kier molecular flexibility index (Phi) is 2.91. The number of ether oxygens (including phenoxy) is 1. The second-order valence-electron chi connectivity index (χ2n) is 4.91. The van der Waals surface area contributed by atoms with E-state index in [1.165, 1.54) is 6.42 Å². The highest BCUT2D eigenvalue weighted by Crippen LogP contribution is 2.27. The first-order chi connectivity index (χ1) is 8.74. The van der Waals surface area contributed by atoms with Gasteiger partial charge in [0.1, 0.15) is 17.7 Å². The predicted molar refractivity (Wildman–Crippen MR) is 70.8 cm³/mol. The number of hydrogen-bond acceptors (Lipinski definition) is 4. The maximum absolute atomic E-state index is 5.74. The molecule has 0 amide bonds. The van der Waals surface area contributed by atoms with Crippen LogP contribution in [0.2, 0.25) is 0 Å². The fraction of sp³-hybridized carbons (Fsp3) is 0.538. The molecule has 1 unspecified atom stereocenters. The van der Waals surface area contributed by atoms with Crippen LogP contribution in [-0.4, -0.2) is 35.7 Å². The van der Waals surface area contributed by atoms with E-state index in [0.717, 1.165) is 42.3 Å². The van der Waals surface area contributed by atoms with Gasteiger partial charge in [0.2, 0.25) is 0 Å². The van der Waals surface area contributed by atoms with Gasteiger partial charge in [0.25, 0.3) is 0 Å². The van der Waals surface area contributed by atoms with Crippen molar-refractivity contribution < 1.29 is 4.74 Å². The molecule has 0 radical (unpaired) electrons. The topological polar surface area (TPSA) is 54.0 Å². The molecule has 5 heteroatoms. The van der Waals surface area contributed by atoms with Crippen LogP contribution in [0.3, 0.4) is 0 Å². The lowest BCUT2D eigenvalue weighted by atomic mass is 10.1. The molecule has 0 aromatic carbocycles. The Hall–Kier alpha value is -1.62. The fourth-order valence-corrected chi connectivity index (χ4v) is 2.26. The second kappa shape index (κ2) is 4.57. The maximum Gasteiger partial charge on any atom is 0.179 e. The average Bonchev–Trinajstić information content (AvgIpc) is 2.82. The number of aromatic amines is 1. The largest absolute Gasteiger partial charge is 0.370 e. The molecular formula is C13H18N4O. The lowest BCUT2D eigenvalue weighted by molar-refractivity contribution is 0.0101. The molecule has 0 saturated carbocycles. The minimum atomic E-state index is 0.107. The Morgan fingerprint density at radius 2 is 2.17 bits per heavy atom. The van der Waals surface area contributed by atoms with E-state index in [1.807, 2.05) is 31.1 Å². The maximum atomic E-state index is 5.74. The summed E-state index contributed by atoms with van der Waals surface area (Å²) in [5, 5.41) is 0. The van der Waals surface area contributed by atoms with Crippen molar-refractivity contribution in [3.8, 4) is 0 Å². The lowest BCUT2D eigenvalue weighted by Crippen LogP contribution is -2.12. The van der Waals surface area contributed by atoms with Crippen LogP contribution in [0.4, 0.5) is 5.82 Å². The molecule has 1 atom stereocenters. The van der Waals surface area contributed by atoms with Gasteiger partial charge in [0.05, 0.1) is 5.52 Å². The molecule has 1 aliphatic heterocycles. The van der Waals surface area contributed by atoms with E-state index in [4.69, 9.17) is 4.74 Å². The van der Waals surface area contributed by atoms with Crippen molar-refractivity contribution in [2.24, 2.45) is 0 Å². The SMILES string of the molecule is CN(C)c1ccc2[nH]c(C3CCCCO3)nc2n1. The summed E-state index contributed by atoms with van der Waals surface area (Å²) in [6.07, 6.45) is 3.51. The standard InChI is InChI=1S/C13H18N4O/c1-17(2)11-7-6-9-12(15-11)16-13(14-9)10-5-3-4-8-18-10/h6-7,10H,3-5,8H2,1-2H3,(H,14,15,16). The molecule has 0 spiro atoms. The van der Waals surface area contributed by atoms with Crippen LogP contribution in [0.25, 0.3) is 11.2 Å². The highest BCUT2D eigenvalue weighted by Gasteiger charge is 2.19. The molecule has 5 nitrogen and oxygen atoms in total. The molecule has 1 aliphatic rings. The third kappa shape index (κ3) is 2.06. The molecule has 1 saturated heterocycles. The minimum Gasteiger partial charge on any atom is -0.370 e. The third-order valence-corrected chi connectivity index (χ3v) is 3.29. The zero-order chi connectivity index (χ0) is 12.5. The summed E-state index contributed by atoms with van der Waals surface area (Å²) in [6, 6.07) is 4.02. The van der Waals surface area contributed by atoms with Gasteiger partial charge in [0, 0.05) is 20.7 Å². The van der Waals surface area contributed by atoms with E-state index in [1.54, 1.807) is 0 Å². The number of hydrogen-bond donors (Lipinski definition) is 1. The summed E-state index contributed by atoms with van der Waals surface area (Å²) in [7, 11) is 3.96. The van der Waals surface area contributed by atoms with Gasteiger partial charge in [-0.2, -0.15) is 0 Å². The van der Waals surface area contributed by atoms with Crippen LogP contribution in [0.5, 0.6) is 0 Å². The summed E-state index contributed by atoms with van der Waals surface area (Å²) in [4.78, 5) is 14.4. The zero-order valence-corrected chi connectivity index (χ0v) is 10.8. The van der Waals surface area contributed by atoms with E-state index < -0.39 is 0 Å². The van der Waals surface area contributed by atoms with Gasteiger partial charge in [0.15, 0.2) is 5.65 Å². The van der Waals surface area contributed by atoms with Crippen LogP contribution in [0.1, 0.15) is 31.2 Å². The van der Waals surface area contributed by atoms with Crippen molar-refractivity contribution in [2.45, 2.75) is 25.4 Å². The van der Waals surface area contributed by atoms with E-state index in [9.17, 15) is 0 Å². The first-order valence-electron chi connectivity index (χ1n) is 6.39. The normalized spacial score (nSPS) is 20.2. The van der Waals surface area contributed by atoms with E-state index in [0.29, 0.717) is 0 Å². The van der Waals surface area contributed by atoms with Gasteiger partial charge in [-0.15, -0.1) is 0 Å². The van der Waals surface area contributed by atoms with Gasteiger partial charge in [-0.25, -0.2) is 9.97 Å². The smallest absolute Gasteiger partial charge is 0.179 e. The van der Waals surface area contributed by atoms with Crippen LogP contribution in [0, 0.1) is 0 Å². The molecule has 3 heterocycles. The van der Waals surface area contributed by atoms with Gasteiger partial charge in [-0.3, -0.25) is 0 Å². The van der Waals surface area contributed by atoms with Crippen LogP contribution >= 0.6 is 0 Å². The van der Waals surface area contributed by atoms with Gasteiger partial charge in [-0.1, -0.05) is 0 Å². The van der Waals surface area contributed by atoms with Crippen molar-refractivity contribution >= 4 is 17.0 Å². The van der Waals surface area contributed by atoms with Crippen molar-refractivity contribution in [2.75, 3.05) is 25.6 Å². The second-order valence-corrected chi connectivity index (χ2v) is 4.91.